The molecule has 0 fully saturated rings. The topological polar surface area (TPSA) is 0 Å². The van der Waals surface area contributed by atoms with Gasteiger partial charge < -0.3 is 6.92 Å². The number of hydrogen-bond acceptors (Lipinski definition) is 0. The zero-order valence-electron chi connectivity index (χ0n) is 3.85. The van der Waals surface area contributed by atoms with Crippen molar-refractivity contribution >= 4 is 0 Å². The van der Waals surface area contributed by atoms with Crippen LogP contribution in [0.15, 0.2) is 12.2 Å². The number of rotatable bonds is 1. The quantitative estimate of drug-likeness (QED) is 0.507. The fraction of sp³-hybridized carbons (Fsp3) is 0.200. The van der Waals surface area contributed by atoms with E-state index in [1.54, 1.807) is 6.08 Å². The second-order valence-electron chi connectivity index (χ2n) is 0.760. The fourth-order valence-electron chi connectivity index (χ4n) is 0.118. The van der Waals surface area contributed by atoms with Crippen LogP contribution in [-0.2, 0) is 32.7 Å². The van der Waals surface area contributed by atoms with Gasteiger partial charge in [0, 0.05) is 32.7 Å². The molecule has 0 bridgehead atoms. The Morgan fingerprint density at radius 1 is 1.50 bits per heavy atom. The molecule has 0 aromatic rings. The molecule has 1 radical (unpaired) electrons. The molecule has 33 valence electrons. The molecule has 0 saturated heterocycles. The van der Waals surface area contributed by atoms with Gasteiger partial charge in [0.2, 0.25) is 0 Å². The first-order valence-electron chi connectivity index (χ1n) is 1.65. The van der Waals surface area contributed by atoms with Crippen LogP contribution in [0.3, 0.4) is 0 Å². The van der Waals surface area contributed by atoms with Crippen molar-refractivity contribution < 1.29 is 32.7 Å². The molecule has 0 atom stereocenters. The third kappa shape index (κ3) is 8.83. The Balaban J connectivity index is 0. The van der Waals surface area contributed by atoms with Crippen LogP contribution in [0.2, 0.25) is 0 Å². The maximum Gasteiger partial charge on any atom is 0 e. The maximum absolute atomic E-state index is 3.55. The Morgan fingerprint density at radius 2 is 2.00 bits per heavy atom. The van der Waals surface area contributed by atoms with Gasteiger partial charge in [0.15, 0.2) is 0 Å². The molecule has 0 amide bonds. The molecular formula is C5H8Y-2. The van der Waals surface area contributed by atoms with Crippen molar-refractivity contribution in [1.29, 1.82) is 0 Å². The van der Waals surface area contributed by atoms with Crippen LogP contribution in [-0.4, -0.2) is 0 Å². The summed E-state index contributed by atoms with van der Waals surface area (Å²) in [4.78, 5) is 0. The third-order valence-electron chi connectivity index (χ3n) is 0.333. The zero-order valence-corrected chi connectivity index (χ0v) is 6.69. The van der Waals surface area contributed by atoms with Crippen molar-refractivity contribution in [2.45, 2.75) is 6.42 Å². The predicted molar refractivity (Wildman–Crippen MR) is 24.5 cm³/mol. The van der Waals surface area contributed by atoms with Crippen molar-refractivity contribution in [2.24, 2.45) is 0 Å². The Bertz CT molecular complexity index is 30.9. The molecular weight excluding hydrogens is 149 g/mol. The summed E-state index contributed by atoms with van der Waals surface area (Å²) in [5.74, 6) is 0. The first-order valence-corrected chi connectivity index (χ1v) is 1.65. The first kappa shape index (κ1) is 9.86. The van der Waals surface area contributed by atoms with Gasteiger partial charge in [0.1, 0.15) is 0 Å². The van der Waals surface area contributed by atoms with Crippen molar-refractivity contribution in [3.05, 3.63) is 26.0 Å². The second kappa shape index (κ2) is 9.21. The van der Waals surface area contributed by atoms with Gasteiger partial charge in [-0.15, -0.1) is 0 Å². The molecule has 0 heterocycles. The van der Waals surface area contributed by atoms with E-state index in [0.29, 0.717) is 0 Å². The maximum atomic E-state index is 3.55. The average molecular weight is 157 g/mol. The molecule has 0 unspecified atom stereocenters. The SMILES string of the molecule is [CH2-]/C=C\C[CH2-].[Y]. The molecule has 0 rings (SSSR count). The number of hydrogen-bond donors (Lipinski definition) is 0. The normalized spacial score (nSPS) is 8.17. The van der Waals surface area contributed by atoms with Gasteiger partial charge >= 0.3 is 0 Å². The first-order chi connectivity index (χ1) is 2.41. The van der Waals surface area contributed by atoms with Gasteiger partial charge in [-0.2, -0.15) is 0 Å². The Labute approximate surface area is 64.9 Å². The Kier molecular flexibility index (Phi) is 15.1. The van der Waals surface area contributed by atoms with Crippen LogP contribution in [0.4, 0.5) is 0 Å². The van der Waals surface area contributed by atoms with E-state index in [0.717, 1.165) is 6.42 Å². The molecule has 0 aliphatic carbocycles. The summed E-state index contributed by atoms with van der Waals surface area (Å²) in [6, 6.07) is 0. The minimum absolute atomic E-state index is 0. The van der Waals surface area contributed by atoms with E-state index in [4.69, 9.17) is 0 Å². The second-order valence-corrected chi connectivity index (χ2v) is 0.760. The molecule has 0 aromatic carbocycles. The van der Waals surface area contributed by atoms with Crippen molar-refractivity contribution in [2.75, 3.05) is 0 Å². The molecule has 0 aliphatic rings. The molecule has 1 heteroatoms. The van der Waals surface area contributed by atoms with Crippen LogP contribution < -0.4 is 0 Å². The van der Waals surface area contributed by atoms with E-state index in [2.05, 4.69) is 13.8 Å². The summed E-state index contributed by atoms with van der Waals surface area (Å²) in [6.07, 6.45) is 4.50. The third-order valence-corrected chi connectivity index (χ3v) is 0.333. The van der Waals surface area contributed by atoms with Crippen LogP contribution in [0.1, 0.15) is 6.42 Å². The summed E-state index contributed by atoms with van der Waals surface area (Å²) >= 11 is 0. The van der Waals surface area contributed by atoms with Crippen molar-refractivity contribution in [1.82, 2.24) is 0 Å². The minimum atomic E-state index is 0. The van der Waals surface area contributed by atoms with Crippen LogP contribution in [0, 0.1) is 13.8 Å². The Morgan fingerprint density at radius 3 is 2.00 bits per heavy atom. The summed E-state index contributed by atoms with van der Waals surface area (Å²) in [5, 5.41) is 0. The van der Waals surface area contributed by atoms with Crippen LogP contribution in [0.5, 0.6) is 0 Å². The van der Waals surface area contributed by atoms with Gasteiger partial charge in [-0.05, 0) is 0 Å². The largest absolute Gasteiger partial charge is 0.356 e. The molecule has 0 nitrogen and oxygen atoms in total. The van der Waals surface area contributed by atoms with E-state index in [1.807, 2.05) is 6.08 Å². The molecule has 0 aromatic heterocycles. The molecule has 0 N–H and O–H groups in total. The summed E-state index contributed by atoms with van der Waals surface area (Å²) < 4.78 is 0. The molecule has 0 spiro atoms. The van der Waals surface area contributed by atoms with Crippen LogP contribution >= 0.6 is 0 Å². The summed E-state index contributed by atoms with van der Waals surface area (Å²) in [5.41, 5.74) is 0. The fourth-order valence-corrected chi connectivity index (χ4v) is 0.118. The van der Waals surface area contributed by atoms with E-state index < -0.39 is 0 Å². The summed E-state index contributed by atoms with van der Waals surface area (Å²) in [6.45, 7) is 7.00. The van der Waals surface area contributed by atoms with E-state index in [-0.39, 0.29) is 32.7 Å². The van der Waals surface area contributed by atoms with Gasteiger partial charge in [-0.25, -0.2) is 19.4 Å². The number of allylic oxidation sites excluding steroid dienone is 2. The van der Waals surface area contributed by atoms with E-state index in [1.165, 1.54) is 0 Å². The van der Waals surface area contributed by atoms with Gasteiger partial charge in [0.25, 0.3) is 0 Å². The van der Waals surface area contributed by atoms with Crippen molar-refractivity contribution in [3.63, 3.8) is 0 Å². The zero-order chi connectivity index (χ0) is 4.12. The molecule has 0 saturated carbocycles. The standard InChI is InChI=1S/C5H8.Y/c1-3-5-4-2;/h3,5H,1-2,4H2;/q-2;/b5-3-;. The monoisotopic (exact) mass is 157 g/mol. The van der Waals surface area contributed by atoms with Gasteiger partial charge in [-0.1, -0.05) is 0 Å². The Hall–Kier alpha value is 0.714. The smallest absolute Gasteiger partial charge is 0 e. The molecule has 0 aliphatic heterocycles. The van der Waals surface area contributed by atoms with Gasteiger partial charge in [0.05, 0.1) is 0 Å². The van der Waals surface area contributed by atoms with E-state index >= 15 is 0 Å². The van der Waals surface area contributed by atoms with Gasteiger partial charge in [-0.3, -0.25) is 6.08 Å². The predicted octanol–water partition coefficient (Wildman–Crippen LogP) is 1.60. The van der Waals surface area contributed by atoms with E-state index in [9.17, 15) is 0 Å². The molecule has 6 heavy (non-hydrogen) atoms. The summed E-state index contributed by atoms with van der Waals surface area (Å²) in [7, 11) is 0. The van der Waals surface area contributed by atoms with Crippen molar-refractivity contribution in [3.8, 4) is 0 Å². The minimum Gasteiger partial charge on any atom is -0.356 e. The average Bonchev–Trinajstić information content (AvgIpc) is 1.41. The van der Waals surface area contributed by atoms with Crippen LogP contribution in [0.25, 0.3) is 0 Å².